The third-order valence-electron chi connectivity index (χ3n) is 13.5. The zero-order chi connectivity index (χ0) is 68.6. The summed E-state index contributed by atoms with van der Waals surface area (Å²) in [5.41, 5.74) is -2.91. The molecule has 0 fully saturated rings. The molecule has 6 aromatic rings. The number of carboxylic acid groups (broad SMARTS) is 9. The number of hydrogen-bond donors (Lipinski definition) is 11. The van der Waals surface area contributed by atoms with Crippen molar-refractivity contribution >= 4 is 163 Å². The van der Waals surface area contributed by atoms with E-state index in [1.165, 1.54) is 54.6 Å². The van der Waals surface area contributed by atoms with Crippen molar-refractivity contribution in [3.8, 4) is 34.5 Å². The number of ketones is 3. The molecular formula is C66H38Ca2O27. The molecule has 3 aliphatic carbocycles. The maximum absolute atomic E-state index is 11.9. The number of hydrogen-bond acceptors (Lipinski definition) is 20. The summed E-state index contributed by atoms with van der Waals surface area (Å²) >= 11 is 0. The van der Waals surface area contributed by atoms with Crippen LogP contribution in [0.1, 0.15) is 95.5 Å². The minimum absolute atomic E-state index is 0. The van der Waals surface area contributed by atoms with Crippen molar-refractivity contribution in [3.05, 3.63) is 264 Å². The Morgan fingerprint density at radius 1 is 0.284 bits per heavy atom. The Hall–Kier alpha value is -11.5. The van der Waals surface area contributed by atoms with E-state index < -0.39 is 156 Å². The first-order valence-corrected chi connectivity index (χ1v) is 25.9. The topological polar surface area (TPSA) is 520 Å². The predicted octanol–water partition coefficient (Wildman–Crippen LogP) is 2.64. The molecule has 0 radical (unpaired) electrons. The van der Waals surface area contributed by atoms with Gasteiger partial charge in [0.2, 0.25) is 0 Å². The molecule has 27 nitrogen and oxygen atoms in total. The Morgan fingerprint density at radius 3 is 0.674 bits per heavy atom. The van der Waals surface area contributed by atoms with Gasteiger partial charge in [0, 0.05) is 0 Å². The predicted molar refractivity (Wildman–Crippen MR) is 320 cm³/mol. The van der Waals surface area contributed by atoms with Crippen LogP contribution in [0.3, 0.4) is 0 Å². The van der Waals surface area contributed by atoms with E-state index in [0.717, 1.165) is 109 Å². The first kappa shape index (κ1) is 74.3. The average molecular weight is 1340 g/mol. The van der Waals surface area contributed by atoms with Gasteiger partial charge in [-0.2, -0.15) is 0 Å². The number of benzene rings is 6. The van der Waals surface area contributed by atoms with Crippen molar-refractivity contribution in [1.82, 2.24) is 0 Å². The largest absolute Gasteiger partial charge is 2.00 e. The van der Waals surface area contributed by atoms with Gasteiger partial charge in [-0.3, -0.25) is 14.4 Å². The molecule has 0 atom stereocenters. The molecule has 0 spiro atoms. The number of allylic oxidation sites excluding steroid dienone is 12. The van der Waals surface area contributed by atoms with Crippen molar-refractivity contribution in [2.75, 3.05) is 0 Å². The van der Waals surface area contributed by atoms with Crippen molar-refractivity contribution < 1.29 is 134 Å². The van der Waals surface area contributed by atoms with Gasteiger partial charge in [0.05, 0.1) is 11.9 Å². The van der Waals surface area contributed by atoms with E-state index in [1.807, 2.05) is 0 Å². The molecule has 3 aliphatic rings. The Morgan fingerprint density at radius 2 is 0.484 bits per heavy atom. The number of carboxylic acids is 9. The fraction of sp³-hybridized carbons (Fsp3) is 0. The molecule has 0 aromatic heterocycles. The Balaban J connectivity index is 0.000000255. The van der Waals surface area contributed by atoms with Gasteiger partial charge >= 0.3 is 117 Å². The summed E-state index contributed by atoms with van der Waals surface area (Å²) in [5.74, 6) is -19.6. The zero-order valence-corrected chi connectivity index (χ0v) is 52.4. The third-order valence-corrected chi connectivity index (χ3v) is 13.5. The molecule has 9 rings (SSSR count). The minimum Gasteiger partial charge on any atom is -0.872 e. The third kappa shape index (κ3) is 17.0. The smallest absolute Gasteiger partial charge is 0.872 e. The monoisotopic (exact) mass is 1340 g/mol. The van der Waals surface area contributed by atoms with Crippen molar-refractivity contribution in [2.24, 2.45) is 0 Å². The zero-order valence-electron chi connectivity index (χ0n) is 48.0. The van der Waals surface area contributed by atoms with Crippen LogP contribution in [-0.4, -0.2) is 203 Å². The SMILES string of the molecule is O=C(O)C1=CC(=C(c2ccc(O)c(C(=O)O)c2)c2ccc(O)c(C(=O)O)c2)C=CC1=O.O=C(O)C1=CC(=C(c2ccc(O)c(C(=O)O)c2)c2ccc(O)c(C(=O)O)c2)C=CC1=O.O=C(O)C1=CC(=C(c2ccc([O-])c(C(=O)[O-])c2)c2ccc([O-])c(C(=O)[O-])c2)C=CC1=O.[Ca+2].[Ca+2]. The van der Waals surface area contributed by atoms with E-state index in [0.29, 0.717) is 0 Å². The number of aliphatic carboxylic acids is 3. The van der Waals surface area contributed by atoms with E-state index in [2.05, 4.69) is 0 Å². The molecule has 0 amide bonds. The summed E-state index contributed by atoms with van der Waals surface area (Å²) in [7, 11) is 0. The van der Waals surface area contributed by atoms with Crippen LogP contribution in [-0.2, 0) is 28.8 Å². The number of aromatic carboxylic acids is 6. The summed E-state index contributed by atoms with van der Waals surface area (Å²) in [6, 6.07) is 20.8. The molecule has 0 heterocycles. The fourth-order valence-corrected chi connectivity index (χ4v) is 9.20. The van der Waals surface area contributed by atoms with Gasteiger partial charge in [-0.1, -0.05) is 78.3 Å². The number of aromatic hydroxyl groups is 4. The van der Waals surface area contributed by atoms with Crippen LogP contribution in [0.25, 0.3) is 16.7 Å². The fourth-order valence-electron chi connectivity index (χ4n) is 9.20. The van der Waals surface area contributed by atoms with E-state index >= 15 is 0 Å². The van der Waals surface area contributed by atoms with E-state index in [-0.39, 0.29) is 142 Å². The van der Waals surface area contributed by atoms with E-state index in [1.54, 1.807) is 0 Å². The van der Waals surface area contributed by atoms with Crippen molar-refractivity contribution in [3.63, 3.8) is 0 Å². The van der Waals surface area contributed by atoms with Crippen LogP contribution in [0.2, 0.25) is 0 Å². The second-order valence-corrected chi connectivity index (χ2v) is 19.3. The molecule has 0 unspecified atom stereocenters. The molecule has 11 N–H and O–H groups in total. The second-order valence-electron chi connectivity index (χ2n) is 19.3. The summed E-state index contributed by atoms with van der Waals surface area (Å²) < 4.78 is 0. The maximum atomic E-state index is 11.9. The van der Waals surface area contributed by atoms with Crippen LogP contribution < -0.4 is 20.4 Å². The number of carbonyl (C=O) groups excluding carboxylic acids is 5. The van der Waals surface area contributed by atoms with Gasteiger partial charge in [0.1, 0.15) is 62.0 Å². The second kappa shape index (κ2) is 31.2. The first-order valence-electron chi connectivity index (χ1n) is 25.9. The quantitative estimate of drug-likeness (QED) is 0.0520. The summed E-state index contributed by atoms with van der Waals surface area (Å²) in [6.07, 6.45) is 10.1. The molecular weight excluding hydrogens is 1300 g/mol. The molecule has 468 valence electrons. The van der Waals surface area contributed by atoms with E-state index in [9.17, 15) is 134 Å². The average Bonchev–Trinajstić information content (AvgIpc) is 0.797. The normalized spacial score (nSPS) is 12.7. The standard InChI is InChI=1S/3C22H14O9.2Ca/c3*23-16-4-1-10(7-13(16)20(26)27)19(11-2-5-17(24)14(8-11)21(28)29)12-3-6-18(25)15(9-12)22(30)31;;/h3*1-9,23-24H,(H,26,27)(H,28,29)(H,30,31);;/q;;;2*+2/p-4. The van der Waals surface area contributed by atoms with Gasteiger partial charge in [-0.15, -0.1) is 0 Å². The summed E-state index contributed by atoms with van der Waals surface area (Å²) in [5, 5.41) is 151. The molecule has 6 aromatic carbocycles. The summed E-state index contributed by atoms with van der Waals surface area (Å²) in [4.78, 5) is 138. The van der Waals surface area contributed by atoms with Gasteiger partial charge in [0.25, 0.3) is 0 Å². The Bertz CT molecular complexity index is 4020. The van der Waals surface area contributed by atoms with Crippen LogP contribution in [0.5, 0.6) is 34.5 Å². The van der Waals surface area contributed by atoms with Gasteiger partial charge < -0.3 is 86.2 Å². The van der Waals surface area contributed by atoms with Crippen molar-refractivity contribution in [2.45, 2.75) is 0 Å². The van der Waals surface area contributed by atoms with Crippen LogP contribution in [0, 0.1) is 0 Å². The number of phenols is 4. The molecule has 0 bridgehead atoms. The van der Waals surface area contributed by atoms with Gasteiger partial charge in [-0.05, 0) is 175 Å². The maximum Gasteiger partial charge on any atom is 2.00 e. The Kier molecular flexibility index (Phi) is 24.4. The van der Waals surface area contributed by atoms with Crippen LogP contribution in [0.4, 0.5) is 0 Å². The molecule has 0 saturated heterocycles. The van der Waals surface area contributed by atoms with E-state index in [4.69, 9.17) is 0 Å². The van der Waals surface area contributed by atoms with Crippen LogP contribution in [0.15, 0.2) is 197 Å². The summed E-state index contributed by atoms with van der Waals surface area (Å²) in [6.45, 7) is 0. The van der Waals surface area contributed by atoms with Crippen LogP contribution >= 0.6 is 0 Å². The molecule has 95 heavy (non-hydrogen) atoms. The molecule has 0 saturated carbocycles. The van der Waals surface area contributed by atoms with Crippen molar-refractivity contribution in [1.29, 1.82) is 0 Å². The number of rotatable bonds is 15. The Labute approximate surface area is 591 Å². The minimum atomic E-state index is -1.75. The molecule has 29 heteroatoms. The van der Waals surface area contributed by atoms with Gasteiger partial charge in [-0.25, -0.2) is 33.6 Å². The first-order chi connectivity index (χ1) is 43.8. The molecule has 0 aliphatic heterocycles. The van der Waals surface area contributed by atoms with Gasteiger partial charge in [0.15, 0.2) is 17.3 Å². The number of carbonyl (C=O) groups is 12.